The molecule has 6 heteroatoms. The molecule has 0 unspecified atom stereocenters. The van der Waals surface area contributed by atoms with Gasteiger partial charge >= 0.3 is 0 Å². The van der Waals surface area contributed by atoms with Crippen LogP contribution in [0, 0.1) is 11.8 Å². The van der Waals surface area contributed by atoms with Crippen LogP contribution in [0.1, 0.15) is 44.4 Å². The molecule has 0 spiro atoms. The number of halogens is 1. The number of nitrogens with zero attached hydrogens (tertiary/aromatic N) is 1. The Kier molecular flexibility index (Phi) is 3.86. The summed E-state index contributed by atoms with van der Waals surface area (Å²) in [5, 5.41) is 1.18. The SMILES string of the molecule is O=C(NN1C(=O)[C@H]2C3c4ccccc4C(c4ccccc43)[C@@H]2C1=O)c1ccccc1Cl. The number of rotatable bonds is 2. The minimum atomic E-state index is -0.576. The number of nitrogens with one attached hydrogen (secondary N) is 1. The second kappa shape index (κ2) is 6.53. The zero-order valence-electron chi connectivity index (χ0n) is 16.3. The fourth-order valence-electron chi connectivity index (χ4n) is 5.59. The number of imide groups is 1. The number of benzene rings is 3. The lowest BCUT2D eigenvalue weighted by Gasteiger charge is -2.45. The Bertz CT molecular complexity index is 1170. The quantitative estimate of drug-likeness (QED) is 0.630. The molecule has 2 bridgehead atoms. The van der Waals surface area contributed by atoms with Crippen LogP contribution >= 0.6 is 11.6 Å². The molecule has 3 aliphatic carbocycles. The molecule has 152 valence electrons. The monoisotopic (exact) mass is 428 g/mol. The summed E-state index contributed by atoms with van der Waals surface area (Å²) >= 11 is 6.13. The predicted molar refractivity (Wildman–Crippen MR) is 114 cm³/mol. The molecule has 1 saturated heterocycles. The molecule has 31 heavy (non-hydrogen) atoms. The van der Waals surface area contributed by atoms with Crippen molar-refractivity contribution in [1.82, 2.24) is 10.4 Å². The summed E-state index contributed by atoms with van der Waals surface area (Å²) in [4.78, 5) is 39.7. The third-order valence-electron chi connectivity index (χ3n) is 6.78. The van der Waals surface area contributed by atoms with Crippen LogP contribution < -0.4 is 5.43 Å². The van der Waals surface area contributed by atoms with Crippen molar-refractivity contribution in [2.24, 2.45) is 11.8 Å². The zero-order valence-corrected chi connectivity index (χ0v) is 17.0. The van der Waals surface area contributed by atoms with Crippen molar-refractivity contribution < 1.29 is 14.4 Å². The molecule has 4 aliphatic rings. The van der Waals surface area contributed by atoms with Gasteiger partial charge in [-0.05, 0) is 34.4 Å². The van der Waals surface area contributed by atoms with Gasteiger partial charge in [-0.25, -0.2) is 0 Å². The van der Waals surface area contributed by atoms with Gasteiger partial charge in [0.1, 0.15) is 0 Å². The Morgan fingerprint density at radius 2 is 1.13 bits per heavy atom. The smallest absolute Gasteiger partial charge is 0.271 e. The fourth-order valence-corrected chi connectivity index (χ4v) is 5.82. The summed E-state index contributed by atoms with van der Waals surface area (Å²) in [5.74, 6) is -2.79. The van der Waals surface area contributed by atoms with Crippen molar-refractivity contribution in [1.29, 1.82) is 0 Å². The van der Waals surface area contributed by atoms with E-state index < -0.39 is 17.7 Å². The molecule has 1 aliphatic heterocycles. The van der Waals surface area contributed by atoms with Crippen molar-refractivity contribution in [3.63, 3.8) is 0 Å². The standard InChI is InChI=1S/C25H17ClN2O3/c26-18-12-6-5-11-17(18)23(29)27-28-24(30)21-19-13-7-1-2-8-14(13)20(22(21)25(28)31)16-10-4-3-9-15(16)19/h1-12,19-22H,(H,27,29)/t19?,20?,21-,22-/m0/s1. The molecule has 0 saturated carbocycles. The number of carbonyl (C=O) groups excluding carboxylic acids is 3. The topological polar surface area (TPSA) is 66.5 Å². The van der Waals surface area contributed by atoms with Gasteiger partial charge in [0, 0.05) is 11.8 Å². The molecule has 3 aromatic rings. The van der Waals surface area contributed by atoms with E-state index in [0.717, 1.165) is 27.3 Å². The maximum Gasteiger partial charge on any atom is 0.271 e. The van der Waals surface area contributed by atoms with Crippen LogP contribution in [-0.2, 0) is 9.59 Å². The molecular weight excluding hydrogens is 412 g/mol. The van der Waals surface area contributed by atoms with Gasteiger partial charge in [0.2, 0.25) is 0 Å². The Hall–Kier alpha value is -3.44. The molecule has 3 amide bonds. The van der Waals surface area contributed by atoms with Crippen molar-refractivity contribution in [3.8, 4) is 0 Å². The lowest BCUT2D eigenvalue weighted by molar-refractivity contribution is -0.142. The van der Waals surface area contributed by atoms with Crippen LogP contribution in [0.4, 0.5) is 0 Å². The predicted octanol–water partition coefficient (Wildman–Crippen LogP) is 3.88. The van der Waals surface area contributed by atoms with E-state index in [4.69, 9.17) is 11.6 Å². The second-order valence-electron chi connectivity index (χ2n) is 8.20. The van der Waals surface area contributed by atoms with E-state index in [2.05, 4.69) is 5.43 Å². The highest BCUT2D eigenvalue weighted by Crippen LogP contribution is 2.60. The summed E-state index contributed by atoms with van der Waals surface area (Å²) in [6, 6.07) is 22.6. The first-order valence-electron chi connectivity index (χ1n) is 10.2. The Morgan fingerprint density at radius 1 is 0.710 bits per heavy atom. The van der Waals surface area contributed by atoms with Crippen LogP contribution in [0.2, 0.25) is 5.02 Å². The van der Waals surface area contributed by atoms with E-state index in [1.165, 1.54) is 0 Å². The van der Waals surface area contributed by atoms with Gasteiger partial charge in [-0.2, -0.15) is 5.01 Å². The van der Waals surface area contributed by atoms with Crippen molar-refractivity contribution in [2.75, 3.05) is 0 Å². The highest BCUT2D eigenvalue weighted by atomic mass is 35.5. The van der Waals surface area contributed by atoms with Gasteiger partial charge in [0.15, 0.2) is 0 Å². The van der Waals surface area contributed by atoms with E-state index in [1.54, 1.807) is 24.3 Å². The molecule has 7 rings (SSSR count). The van der Waals surface area contributed by atoms with Crippen molar-refractivity contribution >= 4 is 29.3 Å². The van der Waals surface area contributed by atoms with Crippen LogP contribution in [0.25, 0.3) is 0 Å². The molecule has 0 aromatic heterocycles. The van der Waals surface area contributed by atoms with Crippen LogP contribution in [0.15, 0.2) is 72.8 Å². The molecule has 3 aromatic carbocycles. The van der Waals surface area contributed by atoms with Gasteiger partial charge in [0.25, 0.3) is 17.7 Å². The number of hydrogen-bond acceptors (Lipinski definition) is 3. The Labute approximate surface area is 183 Å². The second-order valence-corrected chi connectivity index (χ2v) is 8.60. The van der Waals surface area contributed by atoms with Gasteiger partial charge in [-0.3, -0.25) is 19.8 Å². The van der Waals surface area contributed by atoms with E-state index in [1.807, 2.05) is 48.5 Å². The van der Waals surface area contributed by atoms with Gasteiger partial charge in [0.05, 0.1) is 22.4 Å². The van der Waals surface area contributed by atoms with Gasteiger partial charge in [-0.1, -0.05) is 72.3 Å². The van der Waals surface area contributed by atoms with E-state index in [0.29, 0.717) is 0 Å². The molecular formula is C25H17ClN2O3. The van der Waals surface area contributed by atoms with E-state index in [-0.39, 0.29) is 34.2 Å². The Morgan fingerprint density at radius 3 is 1.58 bits per heavy atom. The Balaban J connectivity index is 1.43. The minimum absolute atomic E-state index is 0.207. The first kappa shape index (κ1) is 18.3. The summed E-state index contributed by atoms with van der Waals surface area (Å²) < 4.78 is 0. The van der Waals surface area contributed by atoms with Crippen molar-refractivity contribution in [2.45, 2.75) is 11.8 Å². The first-order chi connectivity index (χ1) is 15.1. The maximum atomic E-state index is 13.5. The molecule has 2 atom stereocenters. The lowest BCUT2D eigenvalue weighted by Crippen LogP contribution is -2.46. The van der Waals surface area contributed by atoms with Gasteiger partial charge < -0.3 is 0 Å². The molecule has 5 nitrogen and oxygen atoms in total. The summed E-state index contributed by atoms with van der Waals surface area (Å²) in [7, 11) is 0. The lowest BCUT2D eigenvalue weighted by atomic mass is 9.55. The van der Waals surface area contributed by atoms with Crippen molar-refractivity contribution in [3.05, 3.63) is 106 Å². The zero-order chi connectivity index (χ0) is 21.3. The van der Waals surface area contributed by atoms with Crippen LogP contribution in [-0.4, -0.2) is 22.7 Å². The average molecular weight is 429 g/mol. The van der Waals surface area contributed by atoms with E-state index in [9.17, 15) is 14.4 Å². The van der Waals surface area contributed by atoms with Crippen LogP contribution in [0.5, 0.6) is 0 Å². The summed E-state index contributed by atoms with van der Waals surface area (Å²) in [5.41, 5.74) is 7.10. The number of amides is 3. The third kappa shape index (κ3) is 2.41. The minimum Gasteiger partial charge on any atom is -0.272 e. The number of carbonyl (C=O) groups is 3. The van der Waals surface area contributed by atoms with Gasteiger partial charge in [-0.15, -0.1) is 0 Å². The average Bonchev–Trinajstić information content (AvgIpc) is 3.05. The molecule has 1 N–H and O–H groups in total. The van der Waals surface area contributed by atoms with Crippen LogP contribution in [0.3, 0.4) is 0 Å². The van der Waals surface area contributed by atoms with E-state index >= 15 is 0 Å². The molecule has 1 fully saturated rings. The molecule has 1 heterocycles. The summed E-state index contributed by atoms with van der Waals surface area (Å²) in [6.07, 6.45) is 0. The number of hydrogen-bond donors (Lipinski definition) is 1. The highest BCUT2D eigenvalue weighted by Gasteiger charge is 2.62. The highest BCUT2D eigenvalue weighted by molar-refractivity contribution is 6.33. The first-order valence-corrected chi connectivity index (χ1v) is 10.6. The third-order valence-corrected chi connectivity index (χ3v) is 7.11. The fraction of sp³-hybridized carbons (Fsp3) is 0.160. The summed E-state index contributed by atoms with van der Waals surface area (Å²) in [6.45, 7) is 0. The molecule has 0 radical (unpaired) electrons. The number of hydrazine groups is 1. The largest absolute Gasteiger partial charge is 0.272 e. The maximum absolute atomic E-state index is 13.5. The normalized spacial score (nSPS) is 25.1.